The molecule has 1 N–H and O–H groups in total. The third-order valence-electron chi connectivity index (χ3n) is 4.93. The van der Waals surface area contributed by atoms with E-state index in [9.17, 15) is 4.79 Å². The van der Waals surface area contributed by atoms with Crippen molar-refractivity contribution in [2.24, 2.45) is 7.05 Å². The van der Waals surface area contributed by atoms with Crippen LogP contribution in [0.4, 0.5) is 0 Å². The summed E-state index contributed by atoms with van der Waals surface area (Å²) < 4.78 is 7.71. The van der Waals surface area contributed by atoms with E-state index in [1.807, 2.05) is 75.5 Å². The molecule has 0 spiro atoms. The largest absolute Gasteiger partial charge is 0.450 e. The van der Waals surface area contributed by atoms with Crippen LogP contribution in [0.5, 0.6) is 0 Å². The highest BCUT2D eigenvalue weighted by Gasteiger charge is 2.24. The molecule has 1 unspecified atom stereocenters. The van der Waals surface area contributed by atoms with Gasteiger partial charge in [-0.2, -0.15) is 5.10 Å². The highest BCUT2D eigenvalue weighted by atomic mass is 16.3. The van der Waals surface area contributed by atoms with E-state index in [2.05, 4.69) is 10.4 Å². The lowest BCUT2D eigenvalue weighted by Gasteiger charge is -2.19. The van der Waals surface area contributed by atoms with Crippen molar-refractivity contribution < 1.29 is 9.21 Å². The number of aryl methyl sites for hydroxylation is 3. The number of nitrogens with zero attached hydrogens (tertiary/aromatic N) is 2. The molecule has 4 rings (SSSR count). The Kier molecular flexibility index (Phi) is 4.28. The van der Waals surface area contributed by atoms with Gasteiger partial charge in [-0.1, -0.05) is 48.5 Å². The first-order valence-corrected chi connectivity index (χ1v) is 8.88. The molecule has 0 saturated heterocycles. The molecule has 0 radical (unpaired) electrons. The Hall–Kier alpha value is -3.34. The minimum absolute atomic E-state index is 0.238. The summed E-state index contributed by atoms with van der Waals surface area (Å²) in [6.07, 6.45) is 1.73. The van der Waals surface area contributed by atoms with Crippen LogP contribution in [0.3, 0.4) is 0 Å². The summed E-state index contributed by atoms with van der Waals surface area (Å²) in [5.41, 5.74) is 4.51. The predicted octanol–water partition coefficient (Wildman–Crippen LogP) is 4.30. The number of benzene rings is 2. The van der Waals surface area contributed by atoms with Gasteiger partial charge in [0.25, 0.3) is 5.91 Å². The first kappa shape index (κ1) is 17.1. The molecule has 4 aromatic rings. The maximum absolute atomic E-state index is 13.1. The van der Waals surface area contributed by atoms with E-state index in [0.29, 0.717) is 5.76 Å². The maximum Gasteiger partial charge on any atom is 0.288 e. The molecule has 5 heteroatoms. The Bertz CT molecular complexity index is 1110. The van der Waals surface area contributed by atoms with Gasteiger partial charge < -0.3 is 9.73 Å². The maximum atomic E-state index is 13.1. The predicted molar refractivity (Wildman–Crippen MR) is 105 cm³/mol. The molecule has 1 amide bonds. The number of amides is 1. The number of carbonyl (C=O) groups is 1. The van der Waals surface area contributed by atoms with Crippen molar-refractivity contribution in [3.63, 3.8) is 0 Å². The number of rotatable bonds is 4. The fraction of sp³-hybridized carbons (Fsp3) is 0.182. The van der Waals surface area contributed by atoms with Gasteiger partial charge in [-0.3, -0.25) is 9.48 Å². The van der Waals surface area contributed by atoms with Gasteiger partial charge in [-0.05, 0) is 31.0 Å². The number of para-hydroxylation sites is 1. The van der Waals surface area contributed by atoms with Crippen molar-refractivity contribution in [2.75, 3.05) is 0 Å². The van der Waals surface area contributed by atoms with Crippen LogP contribution in [0.25, 0.3) is 11.0 Å². The first-order chi connectivity index (χ1) is 13.1. The standard InChI is InChI=1S/C22H21N3O2/c1-14-8-7-11-17-15(2)21(27-20(14)17)22(26)24-19(16-9-5-4-6-10-16)18-12-13-23-25(18)3/h4-13,19H,1-3H3,(H,24,26). The van der Waals surface area contributed by atoms with Crippen molar-refractivity contribution >= 4 is 16.9 Å². The molecule has 5 nitrogen and oxygen atoms in total. The van der Waals surface area contributed by atoms with Gasteiger partial charge in [0.15, 0.2) is 5.76 Å². The van der Waals surface area contributed by atoms with Crippen molar-refractivity contribution in [1.82, 2.24) is 15.1 Å². The smallest absolute Gasteiger partial charge is 0.288 e. The molecule has 1 atom stereocenters. The summed E-state index contributed by atoms with van der Waals surface area (Å²) in [4.78, 5) is 13.1. The van der Waals surface area contributed by atoms with E-state index in [1.165, 1.54) is 0 Å². The second-order valence-electron chi connectivity index (χ2n) is 6.70. The highest BCUT2D eigenvalue weighted by Crippen LogP contribution is 2.29. The monoisotopic (exact) mass is 359 g/mol. The van der Waals surface area contributed by atoms with Gasteiger partial charge in [0.1, 0.15) is 5.58 Å². The molecule has 0 aliphatic rings. The zero-order chi connectivity index (χ0) is 19.0. The van der Waals surface area contributed by atoms with Crippen LogP contribution in [0.2, 0.25) is 0 Å². The number of hydrogen-bond acceptors (Lipinski definition) is 3. The zero-order valence-corrected chi connectivity index (χ0v) is 15.6. The van der Waals surface area contributed by atoms with E-state index in [0.717, 1.165) is 33.4 Å². The van der Waals surface area contributed by atoms with Crippen LogP contribution < -0.4 is 5.32 Å². The second kappa shape index (κ2) is 6.76. The van der Waals surface area contributed by atoms with Crippen LogP contribution in [0, 0.1) is 13.8 Å². The number of aromatic nitrogens is 2. The summed E-state index contributed by atoms with van der Waals surface area (Å²) in [7, 11) is 1.87. The molecular formula is C22H21N3O2. The molecule has 0 fully saturated rings. The van der Waals surface area contributed by atoms with Gasteiger partial charge in [0, 0.05) is 24.2 Å². The molecular weight excluding hydrogens is 338 g/mol. The summed E-state index contributed by atoms with van der Waals surface area (Å²) in [5, 5.41) is 8.34. The second-order valence-corrected chi connectivity index (χ2v) is 6.70. The number of carbonyl (C=O) groups excluding carboxylic acids is 1. The Labute approximate surface area is 157 Å². The first-order valence-electron chi connectivity index (χ1n) is 8.88. The van der Waals surface area contributed by atoms with E-state index >= 15 is 0 Å². The van der Waals surface area contributed by atoms with Gasteiger partial charge in [-0.15, -0.1) is 0 Å². The van der Waals surface area contributed by atoms with Crippen molar-refractivity contribution in [3.8, 4) is 0 Å². The zero-order valence-electron chi connectivity index (χ0n) is 15.6. The van der Waals surface area contributed by atoms with Crippen LogP contribution >= 0.6 is 0 Å². The Morgan fingerprint density at radius 2 is 1.85 bits per heavy atom. The molecule has 136 valence electrons. The van der Waals surface area contributed by atoms with E-state index in [1.54, 1.807) is 10.9 Å². The van der Waals surface area contributed by atoms with Gasteiger partial charge in [-0.25, -0.2) is 0 Å². The third kappa shape index (κ3) is 3.01. The minimum Gasteiger partial charge on any atom is -0.450 e. The Morgan fingerprint density at radius 3 is 2.52 bits per heavy atom. The number of furan rings is 1. The third-order valence-corrected chi connectivity index (χ3v) is 4.93. The van der Waals surface area contributed by atoms with Crippen LogP contribution in [0.15, 0.2) is 65.2 Å². The fourth-order valence-electron chi connectivity index (χ4n) is 3.44. The SMILES string of the molecule is Cc1c(C(=O)NC(c2ccccc2)c2ccnn2C)oc2c(C)cccc12. The normalized spacial score (nSPS) is 12.3. The molecule has 0 saturated carbocycles. The lowest BCUT2D eigenvalue weighted by Crippen LogP contribution is -2.30. The molecule has 2 aromatic heterocycles. The molecule has 0 bridgehead atoms. The lowest BCUT2D eigenvalue weighted by molar-refractivity contribution is 0.0915. The summed E-state index contributed by atoms with van der Waals surface area (Å²) >= 11 is 0. The summed E-state index contributed by atoms with van der Waals surface area (Å²) in [6.45, 7) is 3.90. The highest BCUT2D eigenvalue weighted by molar-refractivity contribution is 5.99. The summed E-state index contributed by atoms with van der Waals surface area (Å²) in [6, 6.07) is 17.4. The average molecular weight is 359 g/mol. The lowest BCUT2D eigenvalue weighted by atomic mass is 10.0. The molecule has 0 aliphatic carbocycles. The van der Waals surface area contributed by atoms with Crippen LogP contribution in [0.1, 0.15) is 39.0 Å². The number of nitrogens with one attached hydrogen (secondary N) is 1. The van der Waals surface area contributed by atoms with Crippen LogP contribution in [-0.2, 0) is 7.05 Å². The van der Waals surface area contributed by atoms with Crippen molar-refractivity contribution in [3.05, 3.63) is 88.9 Å². The average Bonchev–Trinajstić information content (AvgIpc) is 3.25. The van der Waals surface area contributed by atoms with Crippen molar-refractivity contribution in [1.29, 1.82) is 0 Å². The number of hydrogen-bond donors (Lipinski definition) is 1. The Morgan fingerprint density at radius 1 is 1.07 bits per heavy atom. The van der Waals surface area contributed by atoms with Crippen molar-refractivity contribution in [2.45, 2.75) is 19.9 Å². The van der Waals surface area contributed by atoms with Crippen LogP contribution in [-0.4, -0.2) is 15.7 Å². The molecule has 2 heterocycles. The summed E-state index contributed by atoms with van der Waals surface area (Å²) in [5.74, 6) is 0.112. The Balaban J connectivity index is 1.74. The van der Waals surface area contributed by atoms with Gasteiger partial charge >= 0.3 is 0 Å². The van der Waals surface area contributed by atoms with E-state index in [4.69, 9.17) is 4.42 Å². The quantitative estimate of drug-likeness (QED) is 0.591. The molecule has 0 aliphatic heterocycles. The molecule has 2 aromatic carbocycles. The molecule has 27 heavy (non-hydrogen) atoms. The topological polar surface area (TPSA) is 60.1 Å². The van der Waals surface area contributed by atoms with Gasteiger partial charge in [0.2, 0.25) is 0 Å². The van der Waals surface area contributed by atoms with Gasteiger partial charge in [0.05, 0.1) is 11.7 Å². The number of fused-ring (bicyclic) bond motifs is 1. The van der Waals surface area contributed by atoms with E-state index < -0.39 is 0 Å². The minimum atomic E-state index is -0.320. The fourth-order valence-corrected chi connectivity index (χ4v) is 3.44. The van der Waals surface area contributed by atoms with E-state index in [-0.39, 0.29) is 11.9 Å².